The van der Waals surface area contributed by atoms with Gasteiger partial charge >= 0.3 is 0 Å². The van der Waals surface area contributed by atoms with Gasteiger partial charge in [0.2, 0.25) is 0 Å². The number of benzene rings is 2. The molecule has 0 radical (unpaired) electrons. The maximum Gasteiger partial charge on any atom is 0.175 e. The van der Waals surface area contributed by atoms with Gasteiger partial charge in [-0.05, 0) is 71.8 Å². The number of hydrogen-bond donors (Lipinski definition) is 2. The molecule has 0 bridgehead atoms. The Hall–Kier alpha value is -2.26. The average molecular weight is 548 g/mol. The highest BCUT2D eigenvalue weighted by molar-refractivity contribution is 5.65. The topological polar surface area (TPSA) is 124 Å². The number of halogens is 4. The molecule has 34 heavy (non-hydrogen) atoms. The average Bonchev–Trinajstić information content (AvgIpc) is 2.78. The molecule has 0 amide bonds. The summed E-state index contributed by atoms with van der Waals surface area (Å²) < 4.78 is 0. The van der Waals surface area contributed by atoms with Crippen molar-refractivity contribution in [2.75, 3.05) is 0 Å². The first kappa shape index (κ1) is 36.3. The third-order valence-corrected chi connectivity index (χ3v) is 4.84. The highest BCUT2D eigenvalue weighted by atomic mass is 35.5. The summed E-state index contributed by atoms with van der Waals surface area (Å²) in [5, 5.41) is 4.51. The summed E-state index contributed by atoms with van der Waals surface area (Å²) in [6.07, 6.45) is 7.95. The Morgan fingerprint density at radius 1 is 0.500 bits per heavy atom. The van der Waals surface area contributed by atoms with Gasteiger partial charge in [-0.3, -0.25) is 0 Å². The minimum absolute atomic E-state index is 0. The van der Waals surface area contributed by atoms with Gasteiger partial charge in [0.25, 0.3) is 0 Å². The minimum Gasteiger partial charge on any atom is -1.00 e. The van der Waals surface area contributed by atoms with Crippen LogP contribution in [0.1, 0.15) is 11.1 Å². The number of nitrogens with one attached hydrogen (secondary N) is 2. The Kier molecular flexibility index (Phi) is 20.4. The summed E-state index contributed by atoms with van der Waals surface area (Å²) in [7, 11) is 0. The highest BCUT2D eigenvalue weighted by Gasteiger charge is 2.05. The van der Waals surface area contributed by atoms with E-state index in [9.17, 15) is 0 Å². The van der Waals surface area contributed by atoms with Crippen LogP contribution in [0.4, 0.5) is 11.4 Å². The molecule has 0 spiro atoms. The lowest BCUT2D eigenvalue weighted by atomic mass is 10.0. The number of hydrogen-bond acceptors (Lipinski definition) is 0. The van der Waals surface area contributed by atoms with Crippen molar-refractivity contribution in [3.05, 3.63) is 109 Å². The molecular formula is C24H30Cl4N4O2. The SMILES string of the molecule is O.O.[Cl-].[Cl-].[Cl-].[Cl-].c1c[nH+]cc(C[NH2+]c2ccc(-c3ccc([NH2+]Cc4ccc[nH+]c4)cc3)cc2)c1. The molecule has 0 unspecified atom stereocenters. The fraction of sp³-hybridized carbons (Fsp3) is 0.0833. The smallest absolute Gasteiger partial charge is 0.175 e. The van der Waals surface area contributed by atoms with E-state index in [1.807, 2.05) is 36.9 Å². The maximum absolute atomic E-state index is 3.13. The third kappa shape index (κ3) is 10.8. The van der Waals surface area contributed by atoms with Gasteiger partial charge in [0.15, 0.2) is 24.8 Å². The van der Waals surface area contributed by atoms with E-state index in [1.165, 1.54) is 33.6 Å². The van der Waals surface area contributed by atoms with Gasteiger partial charge in [0.05, 0.1) is 11.1 Å². The standard InChI is InChI=1S/C24H22N4.4ClH.2H2O/c1-3-19(15-25-13-1)17-27-23-9-5-21(6-10-23)22-7-11-24(12-8-22)28-18-20-4-2-14-26-16-20;;;;;;/h1-16,27-28H,17-18H2;4*1H;2*1H2. The van der Waals surface area contributed by atoms with Crippen molar-refractivity contribution in [1.82, 2.24) is 0 Å². The van der Waals surface area contributed by atoms with Crippen LogP contribution < -0.4 is 70.2 Å². The first-order valence-electron chi connectivity index (χ1n) is 9.64. The highest BCUT2D eigenvalue weighted by Crippen LogP contribution is 2.21. The molecular weight excluding hydrogens is 518 g/mol. The van der Waals surface area contributed by atoms with Crippen LogP contribution >= 0.6 is 0 Å². The van der Waals surface area contributed by atoms with Gasteiger partial charge in [0.1, 0.15) is 24.5 Å². The zero-order valence-electron chi connectivity index (χ0n) is 18.3. The number of H-pyrrole nitrogens is 2. The van der Waals surface area contributed by atoms with Crippen LogP contribution in [0.25, 0.3) is 11.1 Å². The van der Waals surface area contributed by atoms with Gasteiger partial charge in [-0.1, -0.05) is 0 Å². The van der Waals surface area contributed by atoms with Crippen LogP contribution in [0.15, 0.2) is 97.6 Å². The van der Waals surface area contributed by atoms with Crippen molar-refractivity contribution in [3.8, 4) is 11.1 Å². The number of pyridine rings is 2. The summed E-state index contributed by atoms with van der Waals surface area (Å²) in [5.74, 6) is 0. The van der Waals surface area contributed by atoms with E-state index in [0.29, 0.717) is 0 Å². The van der Waals surface area contributed by atoms with Crippen LogP contribution in [0.3, 0.4) is 0 Å². The van der Waals surface area contributed by atoms with Gasteiger partial charge in [-0.25, -0.2) is 9.97 Å². The van der Waals surface area contributed by atoms with Crippen molar-refractivity contribution >= 4 is 11.4 Å². The molecule has 10 heteroatoms. The first-order chi connectivity index (χ1) is 13.9. The second kappa shape index (κ2) is 19.1. The van der Waals surface area contributed by atoms with E-state index in [4.69, 9.17) is 0 Å². The molecule has 2 aromatic heterocycles. The number of aromatic amines is 2. The number of quaternary nitrogens is 2. The van der Waals surface area contributed by atoms with Gasteiger partial charge in [0, 0.05) is 12.1 Å². The van der Waals surface area contributed by atoms with Crippen LogP contribution in [0, 0.1) is 0 Å². The van der Waals surface area contributed by atoms with E-state index in [-0.39, 0.29) is 60.6 Å². The van der Waals surface area contributed by atoms with E-state index in [1.54, 1.807) is 0 Å². The Bertz CT molecular complexity index is 926. The number of nitrogens with two attached hydrogens (primary N) is 2. The molecule has 2 aromatic carbocycles. The molecule has 0 aliphatic carbocycles. The first-order valence-corrected chi connectivity index (χ1v) is 9.64. The molecule has 10 N–H and O–H groups in total. The molecule has 0 atom stereocenters. The van der Waals surface area contributed by atoms with Crippen molar-refractivity contribution in [2.24, 2.45) is 0 Å². The Morgan fingerprint density at radius 3 is 1.15 bits per heavy atom. The molecule has 0 fully saturated rings. The van der Waals surface area contributed by atoms with E-state index < -0.39 is 0 Å². The molecule has 0 saturated carbocycles. The Morgan fingerprint density at radius 2 is 0.853 bits per heavy atom. The predicted molar refractivity (Wildman–Crippen MR) is 116 cm³/mol. The summed E-state index contributed by atoms with van der Waals surface area (Å²) in [5.41, 5.74) is 7.55. The van der Waals surface area contributed by atoms with Crippen molar-refractivity contribution < 1.29 is 81.2 Å². The zero-order valence-corrected chi connectivity index (χ0v) is 21.3. The van der Waals surface area contributed by atoms with Gasteiger partial charge in [-0.2, -0.15) is 0 Å². The predicted octanol–water partition coefficient (Wildman–Crippen LogP) is -11.9. The normalized spacial score (nSPS) is 8.82. The third-order valence-electron chi connectivity index (χ3n) is 4.84. The fourth-order valence-electron chi connectivity index (χ4n) is 3.21. The van der Waals surface area contributed by atoms with Crippen molar-refractivity contribution in [3.63, 3.8) is 0 Å². The van der Waals surface area contributed by atoms with E-state index in [2.05, 4.69) is 81.3 Å². The molecule has 6 nitrogen and oxygen atoms in total. The summed E-state index contributed by atoms with van der Waals surface area (Å²) in [4.78, 5) is 6.25. The second-order valence-corrected chi connectivity index (χ2v) is 6.88. The summed E-state index contributed by atoms with van der Waals surface area (Å²) in [6.45, 7) is 1.86. The van der Waals surface area contributed by atoms with E-state index >= 15 is 0 Å². The van der Waals surface area contributed by atoms with Crippen LogP contribution in [-0.4, -0.2) is 11.0 Å². The summed E-state index contributed by atoms with van der Waals surface area (Å²) in [6, 6.07) is 25.9. The largest absolute Gasteiger partial charge is 1.00 e. The molecule has 2 heterocycles. The van der Waals surface area contributed by atoms with Gasteiger partial charge in [-0.15, -0.1) is 0 Å². The fourth-order valence-corrected chi connectivity index (χ4v) is 3.21. The van der Waals surface area contributed by atoms with Crippen LogP contribution in [0.2, 0.25) is 0 Å². The maximum atomic E-state index is 3.13. The Balaban J connectivity index is -0.00000160. The Labute approximate surface area is 224 Å². The molecule has 0 aliphatic rings. The minimum atomic E-state index is 0. The zero-order chi connectivity index (χ0) is 19.0. The summed E-state index contributed by atoms with van der Waals surface area (Å²) >= 11 is 0. The lowest BCUT2D eigenvalue weighted by molar-refractivity contribution is -0.589. The molecule has 4 rings (SSSR count). The lowest BCUT2D eigenvalue weighted by Gasteiger charge is -2.05. The number of aromatic nitrogens is 2. The van der Waals surface area contributed by atoms with Crippen LogP contribution in [-0.2, 0) is 13.1 Å². The molecule has 0 saturated heterocycles. The van der Waals surface area contributed by atoms with Crippen molar-refractivity contribution in [1.29, 1.82) is 0 Å². The van der Waals surface area contributed by atoms with Gasteiger partial charge < -0.3 is 71.2 Å². The van der Waals surface area contributed by atoms with Crippen LogP contribution in [0.5, 0.6) is 0 Å². The lowest BCUT2D eigenvalue weighted by Crippen LogP contribution is -3.00. The monoisotopic (exact) mass is 546 g/mol. The number of rotatable bonds is 7. The quantitative estimate of drug-likeness (QED) is 0.213. The molecule has 0 aliphatic heterocycles. The molecule has 186 valence electrons. The van der Waals surface area contributed by atoms with E-state index in [0.717, 1.165) is 13.1 Å². The van der Waals surface area contributed by atoms with Crippen molar-refractivity contribution in [2.45, 2.75) is 13.1 Å². The second-order valence-electron chi connectivity index (χ2n) is 6.88. The molecule has 4 aromatic rings.